The molecule has 1 saturated carbocycles. The second kappa shape index (κ2) is 5.94. The molecule has 1 fully saturated rings. The van der Waals surface area contributed by atoms with Crippen molar-refractivity contribution in [2.75, 3.05) is 20.1 Å². The van der Waals surface area contributed by atoms with Crippen molar-refractivity contribution in [3.05, 3.63) is 15.6 Å². The third-order valence-corrected chi connectivity index (χ3v) is 4.38. The molecule has 0 aliphatic heterocycles. The van der Waals surface area contributed by atoms with E-state index < -0.39 is 0 Å². The van der Waals surface area contributed by atoms with Crippen LogP contribution in [0.3, 0.4) is 0 Å². The minimum Gasteiger partial charge on any atom is -0.315 e. The van der Waals surface area contributed by atoms with Gasteiger partial charge in [-0.1, -0.05) is 13.8 Å². The van der Waals surface area contributed by atoms with Crippen LogP contribution in [-0.2, 0) is 13.1 Å². The Balaban J connectivity index is 2.09. The van der Waals surface area contributed by atoms with Gasteiger partial charge >= 0.3 is 0 Å². The molecule has 0 spiro atoms. The summed E-state index contributed by atoms with van der Waals surface area (Å²) in [6.45, 7) is 8.64. The van der Waals surface area contributed by atoms with Crippen molar-refractivity contribution < 1.29 is 0 Å². The number of nitrogens with one attached hydrogen (secondary N) is 1. The van der Waals surface area contributed by atoms with Gasteiger partial charge in [0.2, 0.25) is 0 Å². The van der Waals surface area contributed by atoms with Crippen molar-refractivity contribution in [3.8, 4) is 0 Å². The maximum atomic E-state index is 4.86. The van der Waals surface area contributed by atoms with E-state index in [-0.39, 0.29) is 0 Å². The third kappa shape index (κ3) is 3.27. The fraction of sp³-hybridized carbons (Fsp3) is 0.769. The molecule has 1 aliphatic rings. The molecule has 0 radical (unpaired) electrons. The van der Waals surface area contributed by atoms with Gasteiger partial charge in [-0.05, 0) is 33.0 Å². The predicted octanol–water partition coefficient (Wildman–Crippen LogP) is 2.58. The van der Waals surface area contributed by atoms with Crippen LogP contribution < -0.4 is 5.32 Å². The number of aromatic nitrogens is 1. The van der Waals surface area contributed by atoms with Gasteiger partial charge in [-0.25, -0.2) is 4.98 Å². The van der Waals surface area contributed by atoms with Crippen LogP contribution in [0.1, 0.15) is 48.2 Å². The molecule has 0 amide bonds. The van der Waals surface area contributed by atoms with Gasteiger partial charge in [-0.3, -0.25) is 4.90 Å². The number of nitrogens with zero attached hydrogens (tertiary/aromatic N) is 2. The van der Waals surface area contributed by atoms with Gasteiger partial charge < -0.3 is 5.32 Å². The smallest absolute Gasteiger partial charge is 0.107 e. The van der Waals surface area contributed by atoms with Crippen molar-refractivity contribution in [2.24, 2.45) is 0 Å². The summed E-state index contributed by atoms with van der Waals surface area (Å²) < 4.78 is 0. The summed E-state index contributed by atoms with van der Waals surface area (Å²) >= 11 is 1.90. The molecule has 0 atom stereocenters. The van der Waals surface area contributed by atoms with Crippen molar-refractivity contribution in [2.45, 2.75) is 45.7 Å². The summed E-state index contributed by atoms with van der Waals surface area (Å²) in [6.07, 6.45) is 2.68. The molecular formula is C13H23N3S. The summed E-state index contributed by atoms with van der Waals surface area (Å²) in [5, 5.41) is 4.55. The highest BCUT2D eigenvalue weighted by molar-refractivity contribution is 7.11. The molecule has 2 rings (SSSR count). The van der Waals surface area contributed by atoms with E-state index in [0.29, 0.717) is 0 Å². The normalized spacial score (nSPS) is 15.8. The van der Waals surface area contributed by atoms with E-state index in [9.17, 15) is 0 Å². The minimum absolute atomic E-state index is 0.764. The zero-order valence-corrected chi connectivity index (χ0v) is 11.9. The fourth-order valence-corrected chi connectivity index (χ4v) is 3.29. The van der Waals surface area contributed by atoms with E-state index in [1.807, 2.05) is 18.4 Å². The zero-order chi connectivity index (χ0) is 12.3. The molecule has 0 aromatic carbocycles. The molecule has 0 unspecified atom stereocenters. The van der Waals surface area contributed by atoms with Gasteiger partial charge in [0, 0.05) is 17.3 Å². The predicted molar refractivity (Wildman–Crippen MR) is 73.5 cm³/mol. The highest BCUT2D eigenvalue weighted by atomic mass is 32.1. The van der Waals surface area contributed by atoms with Crippen molar-refractivity contribution in [1.82, 2.24) is 15.2 Å². The number of thiazole rings is 1. The second-order valence-electron chi connectivity index (χ2n) is 4.68. The molecule has 0 saturated heterocycles. The first-order valence-electron chi connectivity index (χ1n) is 6.63. The van der Waals surface area contributed by atoms with Crippen LogP contribution in [0.2, 0.25) is 0 Å². The molecule has 1 N–H and O–H groups in total. The fourth-order valence-electron chi connectivity index (χ4n) is 2.08. The van der Waals surface area contributed by atoms with E-state index in [1.165, 1.54) is 28.4 Å². The molecule has 1 aromatic rings. The largest absolute Gasteiger partial charge is 0.315 e. The van der Waals surface area contributed by atoms with Gasteiger partial charge in [-0.2, -0.15) is 0 Å². The van der Waals surface area contributed by atoms with Gasteiger partial charge in [0.1, 0.15) is 5.01 Å². The Hall–Kier alpha value is -0.450. The molecule has 0 bridgehead atoms. The standard InChI is InChI=1S/C13H23N3S/c1-4-16(5-2)9-12-15-13(10-6-7-10)11(17-12)8-14-3/h10,14H,4-9H2,1-3H3. The number of hydrogen-bond acceptors (Lipinski definition) is 4. The maximum Gasteiger partial charge on any atom is 0.107 e. The summed E-state index contributed by atoms with van der Waals surface area (Å²) in [5.74, 6) is 0.764. The van der Waals surface area contributed by atoms with Crippen LogP contribution in [0.15, 0.2) is 0 Å². The second-order valence-corrected chi connectivity index (χ2v) is 5.85. The molecule has 4 heteroatoms. The van der Waals surface area contributed by atoms with Crippen LogP contribution in [0.5, 0.6) is 0 Å². The molecule has 1 heterocycles. The van der Waals surface area contributed by atoms with Crippen molar-refractivity contribution >= 4 is 11.3 Å². The quantitative estimate of drug-likeness (QED) is 0.809. The van der Waals surface area contributed by atoms with Gasteiger partial charge in [0.15, 0.2) is 0 Å². The van der Waals surface area contributed by atoms with Crippen molar-refractivity contribution in [3.63, 3.8) is 0 Å². The molecule has 1 aromatic heterocycles. The van der Waals surface area contributed by atoms with Crippen LogP contribution in [-0.4, -0.2) is 30.0 Å². The Morgan fingerprint density at radius 1 is 1.35 bits per heavy atom. The number of hydrogen-bond donors (Lipinski definition) is 1. The molecule has 96 valence electrons. The van der Waals surface area contributed by atoms with Crippen LogP contribution in [0, 0.1) is 0 Å². The van der Waals surface area contributed by atoms with E-state index >= 15 is 0 Å². The SMILES string of the molecule is CCN(CC)Cc1nc(C2CC2)c(CNC)s1. The zero-order valence-electron chi connectivity index (χ0n) is 11.1. The minimum atomic E-state index is 0.764. The Labute approximate surface area is 108 Å². The third-order valence-electron chi connectivity index (χ3n) is 3.33. The Kier molecular flexibility index (Phi) is 4.54. The summed E-state index contributed by atoms with van der Waals surface area (Å²) in [7, 11) is 2.01. The lowest BCUT2D eigenvalue weighted by molar-refractivity contribution is 0.295. The lowest BCUT2D eigenvalue weighted by Gasteiger charge is -2.15. The summed E-state index contributed by atoms with van der Waals surface area (Å²) in [4.78, 5) is 8.75. The van der Waals surface area contributed by atoms with E-state index in [4.69, 9.17) is 4.98 Å². The summed E-state index contributed by atoms with van der Waals surface area (Å²) in [5.41, 5.74) is 1.38. The Morgan fingerprint density at radius 3 is 2.59 bits per heavy atom. The molecular weight excluding hydrogens is 230 g/mol. The highest BCUT2D eigenvalue weighted by Crippen LogP contribution is 2.42. The lowest BCUT2D eigenvalue weighted by Crippen LogP contribution is -2.21. The summed E-state index contributed by atoms with van der Waals surface area (Å²) in [6, 6.07) is 0. The first-order valence-corrected chi connectivity index (χ1v) is 7.45. The van der Waals surface area contributed by atoms with E-state index in [1.54, 1.807) is 0 Å². The van der Waals surface area contributed by atoms with Gasteiger partial charge in [0.05, 0.1) is 12.2 Å². The Bertz CT molecular complexity index is 354. The molecule has 1 aliphatic carbocycles. The highest BCUT2D eigenvalue weighted by Gasteiger charge is 2.29. The van der Waals surface area contributed by atoms with Crippen LogP contribution >= 0.6 is 11.3 Å². The Morgan fingerprint density at radius 2 is 2.06 bits per heavy atom. The van der Waals surface area contributed by atoms with Crippen LogP contribution in [0.4, 0.5) is 0 Å². The monoisotopic (exact) mass is 253 g/mol. The maximum absolute atomic E-state index is 4.86. The average molecular weight is 253 g/mol. The van der Waals surface area contributed by atoms with Gasteiger partial charge in [-0.15, -0.1) is 11.3 Å². The first kappa shape index (κ1) is 13.0. The molecule has 17 heavy (non-hydrogen) atoms. The van der Waals surface area contributed by atoms with Crippen LogP contribution in [0.25, 0.3) is 0 Å². The van der Waals surface area contributed by atoms with E-state index in [2.05, 4.69) is 24.1 Å². The van der Waals surface area contributed by atoms with Gasteiger partial charge in [0.25, 0.3) is 0 Å². The van der Waals surface area contributed by atoms with Crippen molar-refractivity contribution in [1.29, 1.82) is 0 Å². The topological polar surface area (TPSA) is 28.2 Å². The lowest BCUT2D eigenvalue weighted by atomic mass is 10.2. The molecule has 3 nitrogen and oxygen atoms in total. The average Bonchev–Trinajstić information content (AvgIpc) is 3.10. The van der Waals surface area contributed by atoms with E-state index in [0.717, 1.165) is 32.1 Å². The first-order chi connectivity index (χ1) is 8.28. The number of rotatable bonds is 7.